The second-order valence-electron chi connectivity index (χ2n) is 8.55. The number of benzene rings is 3. The molecule has 0 radical (unpaired) electrons. The molecule has 0 aliphatic carbocycles. The van der Waals surface area contributed by atoms with Crippen LogP contribution in [0.3, 0.4) is 0 Å². The first kappa shape index (κ1) is 19.8. The van der Waals surface area contributed by atoms with E-state index in [0.717, 1.165) is 5.56 Å². The minimum absolute atomic E-state index is 0.00433. The average molecular weight is 391 g/mol. The molecule has 0 amide bonds. The second kappa shape index (κ2) is 8.10. The van der Waals surface area contributed by atoms with Crippen LogP contribution < -0.4 is 5.32 Å². The van der Waals surface area contributed by atoms with Crippen LogP contribution in [0.15, 0.2) is 84.9 Å². The van der Waals surface area contributed by atoms with Crippen molar-refractivity contribution >= 4 is 0 Å². The first-order valence-corrected chi connectivity index (χ1v) is 10.4. The zero-order chi connectivity index (χ0) is 20.4. The Kier molecular flexibility index (Phi) is 5.53. The SMILES string of the molecule is CC(C)[C@@H]1[C@@H](c2ccccc2)[NH2+][C@@H](c2ccccc2)C[C@@]1(O)c1ccc(F)cc1. The molecule has 1 heterocycles. The zero-order valence-electron chi connectivity index (χ0n) is 17.0. The maximum absolute atomic E-state index is 13.6. The molecule has 0 aromatic heterocycles. The molecular formula is C26H29FNO+. The Morgan fingerprint density at radius 2 is 1.41 bits per heavy atom. The van der Waals surface area contributed by atoms with Crippen LogP contribution in [0, 0.1) is 17.7 Å². The third kappa shape index (κ3) is 3.85. The van der Waals surface area contributed by atoms with Crippen LogP contribution >= 0.6 is 0 Å². The van der Waals surface area contributed by atoms with Gasteiger partial charge >= 0.3 is 0 Å². The summed E-state index contributed by atoms with van der Waals surface area (Å²) in [6.07, 6.45) is 0.592. The van der Waals surface area contributed by atoms with Gasteiger partial charge in [0.05, 0.1) is 5.92 Å². The van der Waals surface area contributed by atoms with Gasteiger partial charge in [0.25, 0.3) is 0 Å². The Bertz CT molecular complexity index is 926. The van der Waals surface area contributed by atoms with Crippen molar-refractivity contribution < 1.29 is 14.8 Å². The van der Waals surface area contributed by atoms with Gasteiger partial charge in [-0.1, -0.05) is 86.6 Å². The average Bonchev–Trinajstić information content (AvgIpc) is 2.74. The van der Waals surface area contributed by atoms with E-state index in [1.807, 2.05) is 24.3 Å². The molecule has 150 valence electrons. The number of halogens is 1. The van der Waals surface area contributed by atoms with Crippen molar-refractivity contribution in [1.29, 1.82) is 0 Å². The van der Waals surface area contributed by atoms with E-state index in [4.69, 9.17) is 0 Å². The zero-order valence-corrected chi connectivity index (χ0v) is 17.0. The van der Waals surface area contributed by atoms with Crippen LogP contribution in [-0.4, -0.2) is 5.11 Å². The molecule has 0 spiro atoms. The summed E-state index contributed by atoms with van der Waals surface area (Å²) in [5, 5.41) is 14.6. The first-order valence-electron chi connectivity index (χ1n) is 10.4. The van der Waals surface area contributed by atoms with Crippen LogP contribution in [0.25, 0.3) is 0 Å². The third-order valence-corrected chi connectivity index (χ3v) is 6.38. The number of rotatable bonds is 4. The van der Waals surface area contributed by atoms with E-state index in [9.17, 15) is 9.50 Å². The van der Waals surface area contributed by atoms with E-state index in [1.165, 1.54) is 23.3 Å². The highest BCUT2D eigenvalue weighted by Crippen LogP contribution is 2.48. The Morgan fingerprint density at radius 3 is 1.97 bits per heavy atom. The summed E-state index contributed by atoms with van der Waals surface area (Å²) >= 11 is 0. The Labute approximate surface area is 172 Å². The maximum atomic E-state index is 13.6. The van der Waals surface area contributed by atoms with Crippen molar-refractivity contribution in [3.8, 4) is 0 Å². The van der Waals surface area contributed by atoms with E-state index in [0.29, 0.717) is 6.42 Å². The molecule has 1 saturated heterocycles. The third-order valence-electron chi connectivity index (χ3n) is 6.38. The number of aliphatic hydroxyl groups is 1. The summed E-state index contributed by atoms with van der Waals surface area (Å²) in [6.45, 7) is 4.34. The highest BCUT2D eigenvalue weighted by molar-refractivity contribution is 5.30. The van der Waals surface area contributed by atoms with Crippen molar-refractivity contribution in [2.75, 3.05) is 0 Å². The first-order chi connectivity index (χ1) is 14.0. The van der Waals surface area contributed by atoms with Gasteiger partial charge in [-0.25, -0.2) is 4.39 Å². The van der Waals surface area contributed by atoms with Gasteiger partial charge in [-0.2, -0.15) is 0 Å². The van der Waals surface area contributed by atoms with Crippen LogP contribution in [0.1, 0.15) is 49.0 Å². The predicted molar refractivity (Wildman–Crippen MR) is 114 cm³/mol. The van der Waals surface area contributed by atoms with E-state index in [2.05, 4.69) is 55.6 Å². The summed E-state index contributed by atoms with van der Waals surface area (Å²) in [5.41, 5.74) is 2.17. The van der Waals surface area contributed by atoms with Gasteiger partial charge in [0.2, 0.25) is 0 Å². The molecule has 0 saturated carbocycles. The van der Waals surface area contributed by atoms with Crippen molar-refractivity contribution in [1.82, 2.24) is 0 Å². The molecule has 0 unspecified atom stereocenters. The molecule has 1 aliphatic heterocycles. The van der Waals surface area contributed by atoms with E-state index in [1.54, 1.807) is 12.1 Å². The van der Waals surface area contributed by atoms with Gasteiger partial charge in [0.15, 0.2) is 0 Å². The van der Waals surface area contributed by atoms with Crippen LogP contribution in [0.4, 0.5) is 4.39 Å². The van der Waals surface area contributed by atoms with Gasteiger partial charge in [-0.15, -0.1) is 0 Å². The topological polar surface area (TPSA) is 36.8 Å². The summed E-state index contributed by atoms with van der Waals surface area (Å²) in [6, 6.07) is 27.4. The van der Waals surface area contributed by atoms with E-state index in [-0.39, 0.29) is 29.7 Å². The van der Waals surface area contributed by atoms with Gasteiger partial charge in [0.1, 0.15) is 23.5 Å². The second-order valence-corrected chi connectivity index (χ2v) is 8.55. The standard InChI is InChI=1S/C26H28FNO/c1-18(2)24-25(20-11-7-4-8-12-20)28-23(19-9-5-3-6-10-19)17-26(24,29)21-13-15-22(27)16-14-21/h3-16,18,23-25,28-29H,17H2,1-2H3/p+1/t23-,24-,25-,26-/m1/s1. The molecule has 29 heavy (non-hydrogen) atoms. The fraction of sp³-hybridized carbons (Fsp3) is 0.308. The fourth-order valence-corrected chi connectivity index (χ4v) is 5.14. The lowest BCUT2D eigenvalue weighted by Crippen LogP contribution is -2.91. The van der Waals surface area contributed by atoms with Crippen molar-refractivity contribution in [3.63, 3.8) is 0 Å². The Hall–Kier alpha value is -2.49. The number of quaternary nitrogens is 1. The fourth-order valence-electron chi connectivity index (χ4n) is 5.14. The Morgan fingerprint density at radius 1 is 0.862 bits per heavy atom. The highest BCUT2D eigenvalue weighted by Gasteiger charge is 2.53. The molecule has 4 atom stereocenters. The summed E-state index contributed by atoms with van der Waals surface area (Å²) in [7, 11) is 0. The minimum Gasteiger partial charge on any atom is -0.384 e. The van der Waals surface area contributed by atoms with Crippen LogP contribution in [0.5, 0.6) is 0 Å². The van der Waals surface area contributed by atoms with E-state index >= 15 is 0 Å². The molecule has 3 aromatic rings. The molecule has 3 heteroatoms. The van der Waals surface area contributed by atoms with Crippen LogP contribution in [-0.2, 0) is 5.60 Å². The normalized spacial score (nSPS) is 27.1. The molecule has 0 bridgehead atoms. The van der Waals surface area contributed by atoms with Gasteiger partial charge < -0.3 is 10.4 Å². The monoisotopic (exact) mass is 390 g/mol. The lowest BCUT2D eigenvalue weighted by atomic mass is 9.64. The summed E-state index contributed by atoms with van der Waals surface area (Å²) < 4.78 is 13.6. The van der Waals surface area contributed by atoms with Crippen molar-refractivity contribution in [2.24, 2.45) is 11.8 Å². The maximum Gasteiger partial charge on any atom is 0.123 e. The molecule has 1 aliphatic rings. The Balaban J connectivity index is 1.84. The largest absolute Gasteiger partial charge is 0.384 e. The quantitative estimate of drug-likeness (QED) is 0.664. The van der Waals surface area contributed by atoms with Crippen molar-refractivity contribution in [2.45, 2.75) is 38.0 Å². The van der Waals surface area contributed by atoms with Crippen LogP contribution in [0.2, 0.25) is 0 Å². The summed E-state index contributed by atoms with van der Waals surface area (Å²) in [4.78, 5) is 0. The van der Waals surface area contributed by atoms with Gasteiger partial charge in [-0.05, 0) is 23.6 Å². The molecule has 3 aromatic carbocycles. The molecule has 4 rings (SSSR count). The smallest absolute Gasteiger partial charge is 0.123 e. The highest BCUT2D eigenvalue weighted by atomic mass is 19.1. The number of piperidine rings is 1. The molecular weight excluding hydrogens is 361 g/mol. The lowest BCUT2D eigenvalue weighted by Gasteiger charge is -2.48. The lowest BCUT2D eigenvalue weighted by molar-refractivity contribution is -0.759. The van der Waals surface area contributed by atoms with Gasteiger partial charge in [-0.3, -0.25) is 0 Å². The number of hydrogen-bond acceptors (Lipinski definition) is 1. The van der Waals surface area contributed by atoms with Crippen molar-refractivity contribution in [3.05, 3.63) is 107 Å². The molecule has 2 nitrogen and oxygen atoms in total. The van der Waals surface area contributed by atoms with Gasteiger partial charge in [0, 0.05) is 17.5 Å². The molecule has 3 N–H and O–H groups in total. The summed E-state index contributed by atoms with van der Waals surface area (Å²) in [5.74, 6) is -0.0291. The number of nitrogens with two attached hydrogens (primary N) is 1. The predicted octanol–water partition coefficient (Wildman–Crippen LogP) is 4.74. The number of hydrogen-bond donors (Lipinski definition) is 2. The van der Waals surface area contributed by atoms with E-state index < -0.39 is 5.60 Å². The minimum atomic E-state index is -1.04. The molecule has 1 fully saturated rings.